The first-order chi connectivity index (χ1) is 7.02. The molecule has 2 N–H and O–H groups in total. The second kappa shape index (κ2) is 5.67. The van der Waals surface area contributed by atoms with Crippen molar-refractivity contribution in [1.29, 1.82) is 0 Å². The fourth-order valence-corrected chi connectivity index (χ4v) is 1.36. The maximum Gasteiger partial charge on any atom is 0.338 e. The lowest BCUT2D eigenvalue weighted by molar-refractivity contribution is 0.0599. The monoisotopic (exact) mass is 246 g/mol. The van der Waals surface area contributed by atoms with Crippen LogP contribution in [-0.2, 0) is 18.3 Å². The number of methoxy groups -OCH3 is 1. The van der Waals surface area contributed by atoms with Gasteiger partial charge in [0.25, 0.3) is 5.56 Å². The third-order valence-corrected chi connectivity index (χ3v) is 2.38. The molecular formula is C10H15ClN2O3. The zero-order chi connectivity index (χ0) is 11.6. The zero-order valence-electron chi connectivity index (χ0n) is 9.44. The van der Waals surface area contributed by atoms with Gasteiger partial charge in [-0.3, -0.25) is 4.79 Å². The minimum Gasteiger partial charge on any atom is -0.465 e. The Morgan fingerprint density at radius 3 is 2.56 bits per heavy atom. The van der Waals surface area contributed by atoms with Gasteiger partial charge in [0, 0.05) is 24.8 Å². The molecule has 0 unspecified atom stereocenters. The first kappa shape index (κ1) is 14.7. The van der Waals surface area contributed by atoms with Crippen LogP contribution in [0.1, 0.15) is 21.6 Å². The van der Waals surface area contributed by atoms with E-state index in [1.165, 1.54) is 11.7 Å². The van der Waals surface area contributed by atoms with Gasteiger partial charge >= 0.3 is 5.97 Å². The van der Waals surface area contributed by atoms with Crippen LogP contribution in [-0.4, -0.2) is 17.6 Å². The van der Waals surface area contributed by atoms with Crippen LogP contribution in [0.15, 0.2) is 10.9 Å². The van der Waals surface area contributed by atoms with E-state index in [4.69, 9.17) is 5.73 Å². The smallest absolute Gasteiger partial charge is 0.338 e. The molecule has 1 rings (SSSR count). The van der Waals surface area contributed by atoms with Crippen LogP contribution < -0.4 is 11.3 Å². The number of aryl methyl sites for hydroxylation is 1. The Morgan fingerprint density at radius 1 is 1.56 bits per heavy atom. The van der Waals surface area contributed by atoms with Crippen LogP contribution >= 0.6 is 12.4 Å². The minimum atomic E-state index is -0.531. The molecular weight excluding hydrogens is 232 g/mol. The number of hydrogen-bond acceptors (Lipinski definition) is 4. The van der Waals surface area contributed by atoms with Gasteiger partial charge in [0.05, 0.1) is 12.7 Å². The van der Waals surface area contributed by atoms with Gasteiger partial charge in [-0.15, -0.1) is 12.4 Å². The van der Waals surface area contributed by atoms with Crippen molar-refractivity contribution in [2.75, 3.05) is 7.11 Å². The van der Waals surface area contributed by atoms with Gasteiger partial charge in [0.1, 0.15) is 0 Å². The highest BCUT2D eigenvalue weighted by Crippen LogP contribution is 2.07. The second-order valence-corrected chi connectivity index (χ2v) is 3.24. The highest BCUT2D eigenvalue weighted by Gasteiger charge is 2.16. The number of ether oxygens (including phenoxy) is 1. The first-order valence-corrected chi connectivity index (χ1v) is 4.50. The summed E-state index contributed by atoms with van der Waals surface area (Å²) in [7, 11) is 2.91. The van der Waals surface area contributed by atoms with Gasteiger partial charge in [-0.1, -0.05) is 0 Å². The van der Waals surface area contributed by atoms with Gasteiger partial charge in [0.15, 0.2) is 0 Å². The SMILES string of the molecule is COC(=O)c1cc(C)n(C)c(=O)c1CN.Cl. The van der Waals surface area contributed by atoms with Gasteiger partial charge in [0.2, 0.25) is 0 Å². The molecule has 0 saturated carbocycles. The zero-order valence-corrected chi connectivity index (χ0v) is 10.3. The number of rotatable bonds is 2. The van der Waals surface area contributed by atoms with Crippen molar-refractivity contribution >= 4 is 18.4 Å². The number of esters is 1. The number of halogens is 1. The molecule has 0 saturated heterocycles. The Morgan fingerprint density at radius 2 is 2.12 bits per heavy atom. The van der Waals surface area contributed by atoms with Crippen molar-refractivity contribution in [3.05, 3.63) is 33.2 Å². The lowest BCUT2D eigenvalue weighted by Gasteiger charge is -2.10. The first-order valence-electron chi connectivity index (χ1n) is 4.50. The predicted molar refractivity (Wildman–Crippen MR) is 62.9 cm³/mol. The van der Waals surface area contributed by atoms with Crippen LogP contribution in [0.5, 0.6) is 0 Å². The van der Waals surface area contributed by atoms with Crippen LogP contribution in [0.3, 0.4) is 0 Å². The minimum absolute atomic E-state index is 0. The second-order valence-electron chi connectivity index (χ2n) is 3.24. The molecule has 1 heterocycles. The molecule has 5 nitrogen and oxygen atoms in total. The van der Waals surface area contributed by atoms with Crippen LogP contribution in [0.2, 0.25) is 0 Å². The van der Waals surface area contributed by atoms with Crippen molar-refractivity contribution in [3.8, 4) is 0 Å². The Balaban J connectivity index is 0.00000225. The largest absolute Gasteiger partial charge is 0.465 e. The number of nitrogens with two attached hydrogens (primary N) is 1. The summed E-state index contributed by atoms with van der Waals surface area (Å²) >= 11 is 0. The van der Waals surface area contributed by atoms with E-state index in [1.807, 2.05) is 0 Å². The number of hydrogen-bond donors (Lipinski definition) is 1. The lowest BCUT2D eigenvalue weighted by atomic mass is 10.1. The molecule has 0 atom stereocenters. The number of pyridine rings is 1. The molecule has 0 aliphatic rings. The summed E-state index contributed by atoms with van der Waals surface area (Å²) in [4.78, 5) is 23.1. The molecule has 1 aromatic heterocycles. The van der Waals surface area contributed by atoms with E-state index >= 15 is 0 Å². The molecule has 0 bridgehead atoms. The molecule has 6 heteroatoms. The normalized spacial score (nSPS) is 9.50. The summed E-state index contributed by atoms with van der Waals surface area (Å²) in [6, 6.07) is 1.61. The molecule has 0 radical (unpaired) electrons. The standard InChI is InChI=1S/C10H14N2O3.ClH/c1-6-4-7(10(14)15-3)8(5-11)9(13)12(6)2;/h4H,5,11H2,1-3H3;1H. The van der Waals surface area contributed by atoms with Crippen LogP contribution in [0.25, 0.3) is 0 Å². The average Bonchev–Trinajstić information content (AvgIpc) is 2.24. The Kier molecular flexibility index (Phi) is 5.20. The number of nitrogens with zero attached hydrogens (tertiary/aromatic N) is 1. The quantitative estimate of drug-likeness (QED) is 0.765. The fourth-order valence-electron chi connectivity index (χ4n) is 1.36. The fraction of sp³-hybridized carbons (Fsp3) is 0.400. The number of carbonyl (C=O) groups excluding carboxylic acids is 1. The van der Waals surface area contributed by atoms with Gasteiger partial charge < -0.3 is 15.0 Å². The number of aromatic nitrogens is 1. The van der Waals surface area contributed by atoms with Crippen LogP contribution in [0.4, 0.5) is 0 Å². The van der Waals surface area contributed by atoms with E-state index in [0.29, 0.717) is 5.69 Å². The molecule has 0 aliphatic carbocycles. The van der Waals surface area contributed by atoms with E-state index in [-0.39, 0.29) is 35.6 Å². The predicted octanol–water partition coefficient (Wildman–Crippen LogP) is 0.361. The van der Waals surface area contributed by atoms with Crippen molar-refractivity contribution in [3.63, 3.8) is 0 Å². The maximum absolute atomic E-state index is 11.7. The molecule has 90 valence electrons. The van der Waals surface area contributed by atoms with E-state index in [2.05, 4.69) is 4.74 Å². The molecule has 0 fully saturated rings. The molecule has 0 spiro atoms. The molecule has 0 aromatic carbocycles. The van der Waals surface area contributed by atoms with Crippen molar-refractivity contribution in [2.24, 2.45) is 12.8 Å². The molecule has 16 heavy (non-hydrogen) atoms. The van der Waals surface area contributed by atoms with E-state index in [1.54, 1.807) is 20.0 Å². The maximum atomic E-state index is 11.7. The highest BCUT2D eigenvalue weighted by atomic mass is 35.5. The van der Waals surface area contributed by atoms with Crippen molar-refractivity contribution < 1.29 is 9.53 Å². The van der Waals surface area contributed by atoms with Crippen molar-refractivity contribution in [2.45, 2.75) is 13.5 Å². The number of carbonyl (C=O) groups is 1. The third kappa shape index (κ3) is 2.43. The van der Waals surface area contributed by atoms with Crippen LogP contribution in [0, 0.1) is 6.92 Å². The van der Waals surface area contributed by atoms with E-state index in [0.717, 1.165) is 0 Å². The molecule has 0 amide bonds. The summed E-state index contributed by atoms with van der Waals surface area (Å²) in [5, 5.41) is 0. The Bertz CT molecular complexity index is 454. The van der Waals surface area contributed by atoms with Gasteiger partial charge in [-0.2, -0.15) is 0 Å². The highest BCUT2D eigenvalue weighted by molar-refractivity contribution is 5.91. The third-order valence-electron chi connectivity index (χ3n) is 2.38. The lowest BCUT2D eigenvalue weighted by Crippen LogP contribution is -2.28. The Hall–Kier alpha value is -1.33. The topological polar surface area (TPSA) is 74.3 Å². The summed E-state index contributed by atoms with van der Waals surface area (Å²) in [5.41, 5.74) is 6.42. The average molecular weight is 247 g/mol. The van der Waals surface area contributed by atoms with E-state index < -0.39 is 5.97 Å². The van der Waals surface area contributed by atoms with Gasteiger partial charge in [-0.25, -0.2) is 4.79 Å². The summed E-state index contributed by atoms with van der Waals surface area (Å²) < 4.78 is 6.04. The van der Waals surface area contributed by atoms with Gasteiger partial charge in [-0.05, 0) is 13.0 Å². The summed E-state index contributed by atoms with van der Waals surface area (Å²) in [5.74, 6) is -0.531. The van der Waals surface area contributed by atoms with Crippen molar-refractivity contribution in [1.82, 2.24) is 4.57 Å². The Labute approximate surface area is 99.6 Å². The summed E-state index contributed by atoms with van der Waals surface area (Å²) in [6.45, 7) is 1.77. The van der Waals surface area contributed by atoms with E-state index in [9.17, 15) is 9.59 Å². The summed E-state index contributed by atoms with van der Waals surface area (Å²) in [6.07, 6.45) is 0. The molecule has 0 aliphatic heterocycles. The molecule has 1 aromatic rings.